The van der Waals surface area contributed by atoms with Gasteiger partial charge < -0.3 is 10.0 Å². The molecule has 1 amide bonds. The van der Waals surface area contributed by atoms with Crippen LogP contribution in [0.5, 0.6) is 0 Å². The highest BCUT2D eigenvalue weighted by atomic mass is 79.9. The number of carbonyl (C=O) groups excluding carboxylic acids is 1. The summed E-state index contributed by atoms with van der Waals surface area (Å²) in [5.41, 5.74) is -0.0717. The molecule has 0 atom stereocenters. The zero-order valence-electron chi connectivity index (χ0n) is 12.8. The summed E-state index contributed by atoms with van der Waals surface area (Å²) in [4.78, 5) is 26.5. The predicted molar refractivity (Wildman–Crippen MR) is 85.0 cm³/mol. The first kappa shape index (κ1) is 17.7. The molecule has 5 nitrogen and oxygen atoms in total. The van der Waals surface area contributed by atoms with Crippen molar-refractivity contribution >= 4 is 27.8 Å². The van der Waals surface area contributed by atoms with E-state index < -0.39 is 11.5 Å². The van der Waals surface area contributed by atoms with E-state index >= 15 is 0 Å². The fraction of sp³-hybridized carbons (Fsp3) is 0.467. The molecule has 6 heteroatoms. The van der Waals surface area contributed by atoms with Crippen LogP contribution in [0.4, 0.5) is 0 Å². The van der Waals surface area contributed by atoms with Gasteiger partial charge in [-0.15, -0.1) is 0 Å². The number of benzene rings is 1. The van der Waals surface area contributed by atoms with E-state index in [9.17, 15) is 9.59 Å². The summed E-state index contributed by atoms with van der Waals surface area (Å²) in [6.07, 6.45) is 0. The van der Waals surface area contributed by atoms with E-state index in [1.165, 1.54) is 4.90 Å². The summed E-state index contributed by atoms with van der Waals surface area (Å²) in [5, 5.41) is 9.16. The summed E-state index contributed by atoms with van der Waals surface area (Å²) < 4.78 is 0.948. The second-order valence-corrected chi connectivity index (χ2v) is 6.42. The Morgan fingerprint density at radius 3 is 2.33 bits per heavy atom. The first-order valence-electron chi connectivity index (χ1n) is 6.58. The molecule has 21 heavy (non-hydrogen) atoms. The third-order valence-electron chi connectivity index (χ3n) is 3.64. The van der Waals surface area contributed by atoms with Gasteiger partial charge in [-0.2, -0.15) is 0 Å². The maximum atomic E-state index is 12.2. The number of halogens is 1. The Labute approximate surface area is 133 Å². The molecule has 1 aromatic rings. The highest BCUT2D eigenvalue weighted by Gasteiger charge is 2.33. The number of carboxylic acid groups (broad SMARTS) is 1. The van der Waals surface area contributed by atoms with Crippen LogP contribution in [0.25, 0.3) is 0 Å². The molecule has 0 heterocycles. The van der Waals surface area contributed by atoms with Gasteiger partial charge in [-0.05, 0) is 32.5 Å². The summed E-state index contributed by atoms with van der Waals surface area (Å²) >= 11 is 3.45. The Morgan fingerprint density at radius 2 is 1.81 bits per heavy atom. The number of hydrogen-bond acceptors (Lipinski definition) is 3. The Bertz CT molecular complexity index is 531. The lowest BCUT2D eigenvalue weighted by molar-refractivity contribution is -0.150. The highest BCUT2D eigenvalue weighted by Crippen LogP contribution is 2.18. The number of hydrogen-bond donors (Lipinski definition) is 1. The van der Waals surface area contributed by atoms with Gasteiger partial charge in [0.1, 0.15) is 5.54 Å². The number of amides is 1. The number of aliphatic carboxylic acids is 1. The molecular formula is C15H21BrN2O3. The lowest BCUT2D eigenvalue weighted by Crippen LogP contribution is -2.51. The van der Waals surface area contributed by atoms with Gasteiger partial charge in [-0.3, -0.25) is 14.5 Å². The quantitative estimate of drug-likeness (QED) is 0.848. The summed E-state index contributed by atoms with van der Waals surface area (Å²) in [6.45, 7) is 3.69. The van der Waals surface area contributed by atoms with E-state index in [1.807, 2.05) is 24.3 Å². The van der Waals surface area contributed by atoms with Crippen LogP contribution >= 0.6 is 15.9 Å². The maximum absolute atomic E-state index is 12.2. The molecule has 0 saturated heterocycles. The molecule has 0 aliphatic heterocycles. The zero-order chi connectivity index (χ0) is 16.2. The monoisotopic (exact) mass is 356 g/mol. The topological polar surface area (TPSA) is 60.9 Å². The number of nitrogens with zero attached hydrogens (tertiary/aromatic N) is 2. The minimum Gasteiger partial charge on any atom is -0.480 e. The summed E-state index contributed by atoms with van der Waals surface area (Å²) in [5.74, 6) is -1.08. The van der Waals surface area contributed by atoms with Crippen LogP contribution in [0.1, 0.15) is 19.4 Å². The van der Waals surface area contributed by atoms with Crippen LogP contribution in [0, 0.1) is 0 Å². The predicted octanol–water partition coefficient (Wildman–Crippen LogP) is 2.20. The van der Waals surface area contributed by atoms with Gasteiger partial charge in [0.2, 0.25) is 5.91 Å². The molecule has 0 aliphatic rings. The Morgan fingerprint density at radius 1 is 1.24 bits per heavy atom. The van der Waals surface area contributed by atoms with E-state index in [1.54, 1.807) is 32.8 Å². The fourth-order valence-electron chi connectivity index (χ4n) is 1.65. The largest absolute Gasteiger partial charge is 0.480 e. The third kappa shape index (κ3) is 4.54. The summed E-state index contributed by atoms with van der Waals surface area (Å²) in [6, 6.07) is 7.70. The molecular weight excluding hydrogens is 336 g/mol. The first-order valence-corrected chi connectivity index (χ1v) is 7.37. The molecule has 0 bridgehead atoms. The van der Waals surface area contributed by atoms with Crippen molar-refractivity contribution in [2.45, 2.75) is 25.9 Å². The van der Waals surface area contributed by atoms with Crippen molar-refractivity contribution in [3.05, 3.63) is 34.3 Å². The Kier molecular flexibility index (Phi) is 5.92. The average Bonchev–Trinajstić information content (AvgIpc) is 2.40. The van der Waals surface area contributed by atoms with Crippen LogP contribution in [0.3, 0.4) is 0 Å². The van der Waals surface area contributed by atoms with Gasteiger partial charge in [0, 0.05) is 18.1 Å². The smallest absolute Gasteiger partial charge is 0.323 e. The van der Waals surface area contributed by atoms with Gasteiger partial charge >= 0.3 is 5.97 Å². The van der Waals surface area contributed by atoms with Crippen molar-refractivity contribution in [2.75, 3.05) is 20.6 Å². The molecule has 0 unspecified atom stereocenters. The number of rotatable bonds is 6. The van der Waals surface area contributed by atoms with Crippen molar-refractivity contribution in [2.24, 2.45) is 0 Å². The molecule has 0 spiro atoms. The zero-order valence-corrected chi connectivity index (χ0v) is 14.3. The van der Waals surface area contributed by atoms with Gasteiger partial charge in [-0.25, -0.2) is 0 Å². The highest BCUT2D eigenvalue weighted by molar-refractivity contribution is 9.10. The molecule has 1 rings (SSSR count). The van der Waals surface area contributed by atoms with E-state index in [0.717, 1.165) is 10.0 Å². The SMILES string of the molecule is CN(Cc1ccccc1Br)C(=O)CN(C)C(C)(C)C(=O)O. The van der Waals surface area contributed by atoms with Crippen molar-refractivity contribution in [3.8, 4) is 0 Å². The molecule has 1 N–H and O–H groups in total. The second kappa shape index (κ2) is 7.04. The van der Waals surface area contributed by atoms with E-state index in [2.05, 4.69) is 15.9 Å². The number of carbonyl (C=O) groups is 2. The molecule has 0 saturated carbocycles. The minimum absolute atomic E-state index is 0.0558. The number of carboxylic acids is 1. The van der Waals surface area contributed by atoms with Crippen LogP contribution in [-0.4, -0.2) is 53.0 Å². The van der Waals surface area contributed by atoms with Gasteiger partial charge in [0.15, 0.2) is 0 Å². The second-order valence-electron chi connectivity index (χ2n) is 5.56. The van der Waals surface area contributed by atoms with Crippen LogP contribution in [0.2, 0.25) is 0 Å². The van der Waals surface area contributed by atoms with E-state index in [4.69, 9.17) is 5.11 Å². The fourth-order valence-corrected chi connectivity index (χ4v) is 2.06. The van der Waals surface area contributed by atoms with Crippen molar-refractivity contribution < 1.29 is 14.7 Å². The maximum Gasteiger partial charge on any atom is 0.323 e. The lowest BCUT2D eigenvalue weighted by atomic mass is 10.0. The number of likely N-dealkylation sites (N-methyl/N-ethyl adjacent to an activating group) is 2. The minimum atomic E-state index is -1.08. The Balaban J connectivity index is 2.68. The van der Waals surface area contributed by atoms with Gasteiger partial charge in [0.25, 0.3) is 0 Å². The van der Waals surface area contributed by atoms with Crippen molar-refractivity contribution in [1.82, 2.24) is 9.80 Å². The molecule has 0 radical (unpaired) electrons. The van der Waals surface area contributed by atoms with E-state index in [-0.39, 0.29) is 12.5 Å². The lowest BCUT2D eigenvalue weighted by Gasteiger charge is -2.32. The molecule has 0 fully saturated rings. The van der Waals surface area contributed by atoms with Crippen LogP contribution in [0.15, 0.2) is 28.7 Å². The average molecular weight is 357 g/mol. The normalized spacial score (nSPS) is 11.5. The first-order chi connectivity index (χ1) is 9.66. The molecule has 116 valence electrons. The molecule has 0 aromatic heterocycles. The van der Waals surface area contributed by atoms with Gasteiger partial charge in [-0.1, -0.05) is 34.1 Å². The third-order valence-corrected chi connectivity index (χ3v) is 4.41. The Hall–Kier alpha value is -1.40. The van der Waals surface area contributed by atoms with Gasteiger partial charge in [0.05, 0.1) is 6.54 Å². The summed E-state index contributed by atoms with van der Waals surface area (Å²) in [7, 11) is 3.35. The molecule has 1 aromatic carbocycles. The van der Waals surface area contributed by atoms with Crippen molar-refractivity contribution in [3.63, 3.8) is 0 Å². The van der Waals surface area contributed by atoms with Crippen molar-refractivity contribution in [1.29, 1.82) is 0 Å². The molecule has 0 aliphatic carbocycles. The van der Waals surface area contributed by atoms with Crippen LogP contribution in [-0.2, 0) is 16.1 Å². The van der Waals surface area contributed by atoms with E-state index in [0.29, 0.717) is 6.54 Å². The van der Waals surface area contributed by atoms with Crippen LogP contribution < -0.4 is 0 Å². The standard InChI is InChI=1S/C15H21BrN2O3/c1-15(2,14(20)21)18(4)10-13(19)17(3)9-11-7-5-6-8-12(11)16/h5-8H,9-10H2,1-4H3,(H,20,21).